The van der Waals surface area contributed by atoms with Gasteiger partial charge in [-0.1, -0.05) is 6.07 Å². The number of carbonyl (C=O) groups excluding carboxylic acids is 1. The van der Waals surface area contributed by atoms with E-state index in [-0.39, 0.29) is 30.4 Å². The van der Waals surface area contributed by atoms with Crippen molar-refractivity contribution in [3.05, 3.63) is 71.8 Å². The van der Waals surface area contributed by atoms with Crippen LogP contribution in [0.15, 0.2) is 65.6 Å². The molecular formula is C24H24N2O7S. The molecule has 3 aromatic carbocycles. The summed E-state index contributed by atoms with van der Waals surface area (Å²) in [5.41, 5.74) is 1.30. The first kappa shape index (κ1) is 23.2. The molecule has 0 aromatic heterocycles. The van der Waals surface area contributed by atoms with Crippen LogP contribution in [0.25, 0.3) is 0 Å². The molecular weight excluding hydrogens is 460 g/mol. The SMILES string of the molecule is COc1ccc(NS(=O)(=O)c2ccc(C)c(C(=O)NCCOc3ccc4c(c3)OCO4)c2)cc1. The van der Waals surface area contributed by atoms with Crippen LogP contribution in [0.3, 0.4) is 0 Å². The van der Waals surface area contributed by atoms with Gasteiger partial charge in [0.25, 0.3) is 15.9 Å². The summed E-state index contributed by atoms with van der Waals surface area (Å²) in [6.45, 7) is 2.37. The Morgan fingerprint density at radius 1 is 0.971 bits per heavy atom. The Morgan fingerprint density at radius 3 is 2.47 bits per heavy atom. The summed E-state index contributed by atoms with van der Waals surface area (Å²) in [7, 11) is -2.36. The summed E-state index contributed by atoms with van der Waals surface area (Å²) >= 11 is 0. The normalized spacial score (nSPS) is 12.2. The number of benzene rings is 3. The lowest BCUT2D eigenvalue weighted by Crippen LogP contribution is -2.29. The Kier molecular flexibility index (Phi) is 6.78. The topological polar surface area (TPSA) is 112 Å². The van der Waals surface area contributed by atoms with Gasteiger partial charge in [0.1, 0.15) is 18.1 Å². The first-order valence-corrected chi connectivity index (χ1v) is 11.9. The van der Waals surface area contributed by atoms with Crippen molar-refractivity contribution >= 4 is 21.6 Å². The summed E-state index contributed by atoms with van der Waals surface area (Å²) < 4.78 is 49.5. The number of rotatable bonds is 9. The van der Waals surface area contributed by atoms with Gasteiger partial charge in [-0.2, -0.15) is 0 Å². The molecule has 2 N–H and O–H groups in total. The molecule has 1 aliphatic rings. The standard InChI is InChI=1S/C24H24N2O7S/c1-16-3-9-20(34(28,29)26-17-4-6-18(30-2)7-5-17)14-21(16)24(27)25-11-12-31-19-8-10-22-23(13-19)33-15-32-22/h3-10,13-14,26H,11-12,15H2,1-2H3,(H,25,27). The van der Waals surface area contributed by atoms with Crippen molar-refractivity contribution in [3.63, 3.8) is 0 Å². The number of hydrogen-bond acceptors (Lipinski definition) is 7. The molecule has 4 rings (SSSR count). The van der Waals surface area contributed by atoms with E-state index in [9.17, 15) is 13.2 Å². The Hall–Kier alpha value is -3.92. The van der Waals surface area contributed by atoms with Crippen molar-refractivity contribution < 1.29 is 32.2 Å². The molecule has 0 saturated carbocycles. The minimum Gasteiger partial charge on any atom is -0.497 e. The van der Waals surface area contributed by atoms with Crippen LogP contribution in [0.1, 0.15) is 15.9 Å². The molecule has 178 valence electrons. The van der Waals surface area contributed by atoms with Crippen molar-refractivity contribution in [2.24, 2.45) is 0 Å². The summed E-state index contributed by atoms with van der Waals surface area (Å²) in [4.78, 5) is 12.7. The number of methoxy groups -OCH3 is 1. The highest BCUT2D eigenvalue weighted by molar-refractivity contribution is 7.92. The maximum absolute atomic E-state index is 12.8. The van der Waals surface area contributed by atoms with Gasteiger partial charge in [0.05, 0.1) is 18.6 Å². The van der Waals surface area contributed by atoms with Gasteiger partial charge in [0.2, 0.25) is 6.79 Å². The molecule has 9 nitrogen and oxygen atoms in total. The zero-order valence-corrected chi connectivity index (χ0v) is 19.5. The van der Waals surface area contributed by atoms with E-state index in [0.717, 1.165) is 0 Å². The van der Waals surface area contributed by atoms with Gasteiger partial charge in [-0.05, 0) is 61.0 Å². The Morgan fingerprint density at radius 2 is 1.71 bits per heavy atom. The second-order valence-corrected chi connectivity index (χ2v) is 9.11. The predicted molar refractivity (Wildman–Crippen MR) is 125 cm³/mol. The van der Waals surface area contributed by atoms with E-state index in [4.69, 9.17) is 18.9 Å². The number of sulfonamides is 1. The number of amides is 1. The van der Waals surface area contributed by atoms with E-state index in [1.165, 1.54) is 19.2 Å². The molecule has 34 heavy (non-hydrogen) atoms. The molecule has 0 spiro atoms. The molecule has 3 aromatic rings. The number of aryl methyl sites for hydroxylation is 1. The molecule has 0 saturated heterocycles. The number of fused-ring (bicyclic) bond motifs is 1. The zero-order chi connectivity index (χ0) is 24.1. The molecule has 0 fully saturated rings. The molecule has 1 heterocycles. The van der Waals surface area contributed by atoms with Crippen LogP contribution < -0.4 is 29.0 Å². The third-order valence-corrected chi connectivity index (χ3v) is 6.49. The highest BCUT2D eigenvalue weighted by atomic mass is 32.2. The number of nitrogens with one attached hydrogen (secondary N) is 2. The van der Waals surface area contributed by atoms with Crippen molar-refractivity contribution in [2.75, 3.05) is 31.8 Å². The predicted octanol–water partition coefficient (Wildman–Crippen LogP) is 3.34. The van der Waals surface area contributed by atoms with Gasteiger partial charge in [-0.25, -0.2) is 8.42 Å². The van der Waals surface area contributed by atoms with Crippen molar-refractivity contribution in [3.8, 4) is 23.0 Å². The highest BCUT2D eigenvalue weighted by Crippen LogP contribution is 2.35. The monoisotopic (exact) mass is 484 g/mol. The lowest BCUT2D eigenvalue weighted by atomic mass is 10.1. The van der Waals surface area contributed by atoms with Crippen LogP contribution in [0.2, 0.25) is 0 Å². The van der Waals surface area contributed by atoms with Crippen LogP contribution >= 0.6 is 0 Å². The third-order valence-electron chi connectivity index (χ3n) is 5.11. The van der Waals surface area contributed by atoms with Crippen LogP contribution in [-0.4, -0.2) is 41.4 Å². The van der Waals surface area contributed by atoms with Gasteiger partial charge >= 0.3 is 0 Å². The Labute approximate surface area is 197 Å². The van der Waals surface area contributed by atoms with Crippen molar-refractivity contribution in [1.29, 1.82) is 0 Å². The number of carbonyl (C=O) groups is 1. The molecule has 10 heteroatoms. The fourth-order valence-electron chi connectivity index (χ4n) is 3.28. The fourth-order valence-corrected chi connectivity index (χ4v) is 4.37. The molecule has 1 amide bonds. The first-order chi connectivity index (χ1) is 16.4. The van der Waals surface area contributed by atoms with E-state index in [0.29, 0.717) is 34.2 Å². The van der Waals surface area contributed by atoms with Gasteiger partial charge in [0.15, 0.2) is 11.5 Å². The number of hydrogen-bond donors (Lipinski definition) is 2. The Bertz CT molecular complexity index is 1290. The summed E-state index contributed by atoms with van der Waals surface area (Å²) in [5.74, 6) is 2.08. The molecule has 0 radical (unpaired) electrons. The van der Waals surface area contributed by atoms with Gasteiger partial charge in [-0.3, -0.25) is 9.52 Å². The van der Waals surface area contributed by atoms with E-state index in [1.807, 2.05) is 0 Å². The minimum absolute atomic E-state index is 0.0179. The number of anilines is 1. The maximum Gasteiger partial charge on any atom is 0.261 e. The van der Waals surface area contributed by atoms with Gasteiger partial charge < -0.3 is 24.3 Å². The number of ether oxygens (including phenoxy) is 4. The van der Waals surface area contributed by atoms with E-state index < -0.39 is 15.9 Å². The summed E-state index contributed by atoms with van der Waals surface area (Å²) in [6.07, 6.45) is 0. The zero-order valence-electron chi connectivity index (χ0n) is 18.7. The lowest BCUT2D eigenvalue weighted by molar-refractivity contribution is 0.0946. The second-order valence-electron chi connectivity index (χ2n) is 7.43. The van der Waals surface area contributed by atoms with E-state index >= 15 is 0 Å². The van der Waals surface area contributed by atoms with E-state index in [1.54, 1.807) is 55.5 Å². The fraction of sp³-hybridized carbons (Fsp3) is 0.208. The summed E-state index contributed by atoms with van der Waals surface area (Å²) in [5, 5.41) is 2.75. The molecule has 0 unspecified atom stereocenters. The first-order valence-electron chi connectivity index (χ1n) is 10.4. The quantitative estimate of drug-likeness (QED) is 0.448. The highest BCUT2D eigenvalue weighted by Gasteiger charge is 2.19. The van der Waals surface area contributed by atoms with Crippen molar-refractivity contribution in [1.82, 2.24) is 5.32 Å². The van der Waals surface area contributed by atoms with Gasteiger partial charge in [-0.15, -0.1) is 0 Å². The maximum atomic E-state index is 12.8. The molecule has 0 aliphatic carbocycles. The van der Waals surface area contributed by atoms with Crippen LogP contribution in [0.5, 0.6) is 23.0 Å². The van der Waals surface area contributed by atoms with Crippen molar-refractivity contribution in [2.45, 2.75) is 11.8 Å². The Balaban J connectivity index is 1.37. The van der Waals surface area contributed by atoms with Crippen LogP contribution in [0.4, 0.5) is 5.69 Å². The largest absolute Gasteiger partial charge is 0.497 e. The van der Waals surface area contributed by atoms with E-state index in [2.05, 4.69) is 10.0 Å². The van der Waals surface area contributed by atoms with Crippen LogP contribution in [0, 0.1) is 6.92 Å². The summed E-state index contributed by atoms with van der Waals surface area (Å²) in [6, 6.07) is 16.1. The van der Waals surface area contributed by atoms with Crippen LogP contribution in [-0.2, 0) is 10.0 Å². The molecule has 0 atom stereocenters. The second kappa shape index (κ2) is 9.92. The smallest absolute Gasteiger partial charge is 0.261 e. The average Bonchev–Trinajstić information content (AvgIpc) is 3.30. The minimum atomic E-state index is -3.89. The molecule has 1 aliphatic heterocycles. The lowest BCUT2D eigenvalue weighted by Gasteiger charge is -2.12. The molecule has 0 bridgehead atoms. The average molecular weight is 485 g/mol. The third kappa shape index (κ3) is 5.34. The van der Waals surface area contributed by atoms with Gasteiger partial charge in [0, 0.05) is 17.3 Å².